The van der Waals surface area contributed by atoms with Crippen LogP contribution in [-0.4, -0.2) is 58.5 Å². The Bertz CT molecular complexity index is 835. The van der Waals surface area contributed by atoms with Gasteiger partial charge < -0.3 is 9.52 Å². The number of benzene rings is 1. The Morgan fingerprint density at radius 1 is 1.32 bits per heavy atom. The van der Waals surface area contributed by atoms with E-state index in [2.05, 4.69) is 4.90 Å². The van der Waals surface area contributed by atoms with Gasteiger partial charge in [0.2, 0.25) is 0 Å². The van der Waals surface area contributed by atoms with Crippen LogP contribution in [0.25, 0.3) is 11.3 Å². The average Bonchev–Trinajstić information content (AvgIpc) is 2.99. The molecule has 1 fully saturated rings. The second-order valence-electron chi connectivity index (χ2n) is 7.24. The van der Waals surface area contributed by atoms with Crippen molar-refractivity contribution in [2.24, 2.45) is 0 Å². The number of likely N-dealkylation sites (tertiary alicyclic amines) is 1. The Kier molecular flexibility index (Phi) is 6.43. The predicted molar refractivity (Wildman–Crippen MR) is 104 cm³/mol. The number of rotatable bonds is 7. The van der Waals surface area contributed by atoms with Gasteiger partial charge in [-0.3, -0.25) is 24.7 Å². The minimum atomic E-state index is -0.798. The van der Waals surface area contributed by atoms with Gasteiger partial charge >= 0.3 is 5.97 Å². The number of carbonyl (C=O) groups is 1. The Balaban J connectivity index is 1.60. The topological polar surface area (TPSA) is 100 Å². The third-order valence-electron chi connectivity index (χ3n) is 5.18. The van der Waals surface area contributed by atoms with Crippen LogP contribution < -0.4 is 0 Å². The Hall–Kier alpha value is -2.71. The van der Waals surface area contributed by atoms with E-state index in [1.54, 1.807) is 12.1 Å². The van der Waals surface area contributed by atoms with E-state index in [1.807, 2.05) is 24.1 Å². The molecule has 1 aliphatic heterocycles. The van der Waals surface area contributed by atoms with Gasteiger partial charge in [0.05, 0.1) is 18.0 Å². The van der Waals surface area contributed by atoms with Gasteiger partial charge in [0.15, 0.2) is 0 Å². The van der Waals surface area contributed by atoms with E-state index in [4.69, 9.17) is 9.52 Å². The molecule has 1 aliphatic rings. The zero-order valence-electron chi connectivity index (χ0n) is 15.9. The smallest absolute Gasteiger partial charge is 0.317 e. The van der Waals surface area contributed by atoms with Gasteiger partial charge in [-0.2, -0.15) is 0 Å². The molecule has 3 rings (SSSR count). The van der Waals surface area contributed by atoms with Crippen LogP contribution in [0, 0.1) is 10.1 Å². The van der Waals surface area contributed by atoms with E-state index >= 15 is 0 Å². The lowest BCUT2D eigenvalue weighted by Gasteiger charge is -2.25. The van der Waals surface area contributed by atoms with Gasteiger partial charge in [-0.05, 0) is 45.0 Å². The summed E-state index contributed by atoms with van der Waals surface area (Å²) in [4.78, 5) is 25.7. The normalized spacial score (nSPS) is 18.1. The van der Waals surface area contributed by atoms with Crippen molar-refractivity contribution in [3.63, 3.8) is 0 Å². The highest BCUT2D eigenvalue weighted by atomic mass is 16.6. The number of nitro groups is 1. The predicted octanol–water partition coefficient (Wildman–Crippen LogP) is 3.23. The van der Waals surface area contributed by atoms with Gasteiger partial charge in [0.1, 0.15) is 11.5 Å². The monoisotopic (exact) mass is 387 g/mol. The summed E-state index contributed by atoms with van der Waals surface area (Å²) in [7, 11) is 1.87. The van der Waals surface area contributed by atoms with Crippen LogP contribution in [0.2, 0.25) is 0 Å². The van der Waals surface area contributed by atoms with Crippen LogP contribution in [0.3, 0.4) is 0 Å². The third-order valence-corrected chi connectivity index (χ3v) is 5.18. The highest BCUT2D eigenvalue weighted by Gasteiger charge is 2.22. The molecule has 150 valence electrons. The number of hydrogen-bond donors (Lipinski definition) is 1. The summed E-state index contributed by atoms with van der Waals surface area (Å²) < 4.78 is 5.92. The van der Waals surface area contributed by atoms with Crippen molar-refractivity contribution >= 4 is 11.7 Å². The van der Waals surface area contributed by atoms with Crippen LogP contribution in [0.5, 0.6) is 0 Å². The quantitative estimate of drug-likeness (QED) is 0.575. The van der Waals surface area contributed by atoms with Crippen LogP contribution in [0.15, 0.2) is 40.8 Å². The molecule has 1 N–H and O–H groups in total. The molecule has 0 spiro atoms. The fourth-order valence-electron chi connectivity index (χ4n) is 3.69. The van der Waals surface area contributed by atoms with Crippen LogP contribution in [-0.2, 0) is 11.3 Å². The first-order chi connectivity index (χ1) is 13.4. The molecule has 2 aromatic rings. The molecule has 0 amide bonds. The Labute approximate surface area is 163 Å². The van der Waals surface area contributed by atoms with Crippen LogP contribution >= 0.6 is 0 Å². The maximum absolute atomic E-state index is 11.0. The highest BCUT2D eigenvalue weighted by Crippen LogP contribution is 2.27. The first kappa shape index (κ1) is 20.0. The van der Waals surface area contributed by atoms with Gasteiger partial charge in [-0.15, -0.1) is 0 Å². The number of hydrogen-bond acceptors (Lipinski definition) is 6. The molecule has 28 heavy (non-hydrogen) atoms. The van der Waals surface area contributed by atoms with E-state index < -0.39 is 10.9 Å². The molecule has 1 unspecified atom stereocenters. The minimum Gasteiger partial charge on any atom is -0.480 e. The van der Waals surface area contributed by atoms with Crippen molar-refractivity contribution in [3.05, 3.63) is 52.3 Å². The van der Waals surface area contributed by atoms with Crippen molar-refractivity contribution in [3.8, 4) is 11.3 Å². The SMILES string of the molecule is CN(CC(=O)O)C1CCCN(Cc2ccc(-c3cccc([N+](=O)[O-])c3)o2)CC1. The first-order valence-corrected chi connectivity index (χ1v) is 9.40. The number of nitro benzene ring substituents is 1. The third kappa shape index (κ3) is 5.17. The summed E-state index contributed by atoms with van der Waals surface area (Å²) >= 11 is 0. The standard InChI is InChI=1S/C20H25N3O5/c1-21(14-20(24)25)16-6-3-10-22(11-9-16)13-18-7-8-19(28-18)15-4-2-5-17(12-15)23(26)27/h2,4-5,7-8,12,16H,3,6,9-11,13-14H2,1H3,(H,24,25). The Morgan fingerprint density at radius 2 is 2.14 bits per heavy atom. The zero-order valence-corrected chi connectivity index (χ0v) is 15.9. The largest absolute Gasteiger partial charge is 0.480 e. The molecular formula is C20H25N3O5. The second kappa shape index (κ2) is 8.99. The van der Waals surface area contributed by atoms with Gasteiger partial charge in [0, 0.05) is 30.3 Å². The Morgan fingerprint density at radius 3 is 2.89 bits per heavy atom. The lowest BCUT2D eigenvalue weighted by atomic mass is 10.1. The van der Waals surface area contributed by atoms with Crippen LogP contribution in [0.1, 0.15) is 25.0 Å². The molecule has 8 heteroatoms. The number of nitrogens with zero attached hydrogens (tertiary/aromatic N) is 3. The average molecular weight is 387 g/mol. The van der Waals surface area contributed by atoms with Crippen LogP contribution in [0.4, 0.5) is 5.69 Å². The molecule has 1 saturated heterocycles. The summed E-state index contributed by atoms with van der Waals surface area (Å²) in [5.74, 6) is 0.638. The highest BCUT2D eigenvalue weighted by molar-refractivity contribution is 5.69. The molecular weight excluding hydrogens is 362 g/mol. The molecule has 0 aliphatic carbocycles. The maximum Gasteiger partial charge on any atom is 0.317 e. The summed E-state index contributed by atoms with van der Waals surface area (Å²) in [6, 6.07) is 10.4. The molecule has 0 bridgehead atoms. The van der Waals surface area contributed by atoms with Crippen molar-refractivity contribution in [1.29, 1.82) is 0 Å². The molecule has 0 saturated carbocycles. The van der Waals surface area contributed by atoms with Crippen molar-refractivity contribution in [2.45, 2.75) is 31.8 Å². The lowest BCUT2D eigenvalue weighted by Crippen LogP contribution is -2.36. The molecule has 8 nitrogen and oxygen atoms in total. The fraction of sp³-hybridized carbons (Fsp3) is 0.450. The fourth-order valence-corrected chi connectivity index (χ4v) is 3.69. The summed E-state index contributed by atoms with van der Waals surface area (Å²) in [6.07, 6.45) is 2.91. The second-order valence-corrected chi connectivity index (χ2v) is 7.24. The number of aliphatic carboxylic acids is 1. The van der Waals surface area contributed by atoms with Gasteiger partial charge in [-0.1, -0.05) is 12.1 Å². The van der Waals surface area contributed by atoms with Crippen molar-refractivity contribution < 1.29 is 19.2 Å². The number of likely N-dealkylation sites (N-methyl/N-ethyl adjacent to an activating group) is 1. The molecule has 2 heterocycles. The minimum absolute atomic E-state index is 0.0412. The van der Waals surface area contributed by atoms with E-state index in [9.17, 15) is 14.9 Å². The summed E-state index contributed by atoms with van der Waals surface area (Å²) in [6.45, 7) is 2.55. The van der Waals surface area contributed by atoms with E-state index in [1.165, 1.54) is 12.1 Å². The van der Waals surface area contributed by atoms with E-state index in [0.717, 1.165) is 38.1 Å². The first-order valence-electron chi connectivity index (χ1n) is 9.40. The lowest BCUT2D eigenvalue weighted by molar-refractivity contribution is -0.384. The van der Waals surface area contributed by atoms with Gasteiger partial charge in [-0.25, -0.2) is 0 Å². The van der Waals surface area contributed by atoms with Crippen molar-refractivity contribution in [2.75, 3.05) is 26.7 Å². The molecule has 1 atom stereocenters. The van der Waals surface area contributed by atoms with Crippen molar-refractivity contribution in [1.82, 2.24) is 9.80 Å². The van der Waals surface area contributed by atoms with Gasteiger partial charge in [0.25, 0.3) is 5.69 Å². The molecule has 1 aromatic carbocycles. The van der Waals surface area contributed by atoms with E-state index in [0.29, 0.717) is 17.9 Å². The number of furan rings is 1. The maximum atomic E-state index is 11.0. The number of carboxylic acids is 1. The summed E-state index contributed by atoms with van der Waals surface area (Å²) in [5, 5.41) is 19.9. The zero-order chi connectivity index (χ0) is 20.1. The molecule has 1 aromatic heterocycles. The van der Waals surface area contributed by atoms with E-state index in [-0.39, 0.29) is 18.3 Å². The number of carboxylic acid groups (broad SMARTS) is 1. The summed E-state index contributed by atoms with van der Waals surface area (Å²) in [5.41, 5.74) is 0.728. The number of non-ortho nitro benzene ring substituents is 1. The molecule has 0 radical (unpaired) electrons.